The Morgan fingerprint density at radius 3 is 1.78 bits per heavy atom. The van der Waals surface area contributed by atoms with Crippen molar-refractivity contribution in [2.24, 2.45) is 0 Å². The van der Waals surface area contributed by atoms with Crippen LogP contribution in [-0.4, -0.2) is 13.1 Å². The van der Waals surface area contributed by atoms with Crippen LogP contribution in [0.5, 0.6) is 0 Å². The summed E-state index contributed by atoms with van der Waals surface area (Å²) in [6.45, 7) is 7.28. The van der Waals surface area contributed by atoms with Crippen molar-refractivity contribution in [2.45, 2.75) is 24.5 Å². The summed E-state index contributed by atoms with van der Waals surface area (Å²) in [5.74, 6) is 0. The molecule has 0 aliphatic carbocycles. The third-order valence-electron chi connectivity index (χ3n) is 9.13. The molecule has 1 aromatic heterocycles. The van der Waals surface area contributed by atoms with Gasteiger partial charge in [0.05, 0.1) is 8.07 Å². The van der Waals surface area contributed by atoms with Gasteiger partial charge in [0.1, 0.15) is 0 Å². The van der Waals surface area contributed by atoms with E-state index in [1.54, 1.807) is 0 Å². The molecule has 7 aromatic carbocycles. The summed E-state index contributed by atoms with van der Waals surface area (Å²) in [6, 6.07) is 47.0. The molecule has 0 aliphatic rings. The van der Waals surface area contributed by atoms with Crippen LogP contribution in [0.1, 0.15) is 0 Å². The monoisotopic (exact) mass is 611 g/mol. The minimum Gasteiger partial charge on any atom is -0.264 e. The predicted molar refractivity (Wildman–Crippen MR) is 201 cm³/mol. The zero-order valence-corrected chi connectivity index (χ0v) is 27.6. The number of rotatable bonds is 4. The number of hydrogen-bond donors (Lipinski definition) is 1. The van der Waals surface area contributed by atoms with Gasteiger partial charge in [0, 0.05) is 22.9 Å². The lowest BCUT2D eigenvalue weighted by molar-refractivity contribution is 1.33. The summed E-state index contributed by atoms with van der Waals surface area (Å²) < 4.78 is 0. The molecule has 0 aliphatic heterocycles. The molecular formula is C42H33NSSi. The topological polar surface area (TPSA) is 12.9 Å². The first-order valence-corrected chi connectivity index (χ1v) is 19.5. The molecule has 3 heteroatoms. The Hall–Kier alpha value is -4.70. The van der Waals surface area contributed by atoms with Crippen LogP contribution in [-0.2, 0) is 0 Å². The highest BCUT2D eigenvalue weighted by Gasteiger charge is 2.22. The largest absolute Gasteiger partial charge is 0.264 e. The van der Waals surface area contributed by atoms with Crippen LogP contribution >= 0.6 is 12.6 Å². The van der Waals surface area contributed by atoms with Gasteiger partial charge in [0.25, 0.3) is 0 Å². The number of nitrogens with zero attached hydrogens (tertiary/aromatic N) is 1. The van der Waals surface area contributed by atoms with Crippen LogP contribution in [0.3, 0.4) is 0 Å². The molecule has 0 bridgehead atoms. The van der Waals surface area contributed by atoms with Gasteiger partial charge in [0.15, 0.2) is 0 Å². The van der Waals surface area contributed by atoms with E-state index in [0.717, 1.165) is 10.5 Å². The van der Waals surface area contributed by atoms with Crippen molar-refractivity contribution >= 4 is 69.0 Å². The SMILES string of the molecule is C[Si](C)(C)c1cccc(-c2c3ccccc3c(-c3cccc(S)c3)c3cc4c(-c5cccnc5)cc5ccccc5c4cc23)c1. The first-order valence-electron chi connectivity index (χ1n) is 15.5. The van der Waals surface area contributed by atoms with E-state index in [2.05, 4.69) is 146 Å². The van der Waals surface area contributed by atoms with Gasteiger partial charge < -0.3 is 0 Å². The molecule has 0 unspecified atom stereocenters. The van der Waals surface area contributed by atoms with Gasteiger partial charge in [-0.05, 0) is 107 Å². The van der Waals surface area contributed by atoms with Gasteiger partial charge in [-0.3, -0.25) is 4.98 Å². The Kier molecular flexibility index (Phi) is 6.63. The smallest absolute Gasteiger partial charge is 0.0776 e. The summed E-state index contributed by atoms with van der Waals surface area (Å²) in [5.41, 5.74) is 7.31. The molecule has 216 valence electrons. The first-order chi connectivity index (χ1) is 21.9. The number of pyridine rings is 1. The molecule has 0 amide bonds. The molecule has 0 saturated heterocycles. The molecule has 0 saturated carbocycles. The van der Waals surface area contributed by atoms with E-state index in [4.69, 9.17) is 12.6 Å². The van der Waals surface area contributed by atoms with E-state index < -0.39 is 8.07 Å². The second-order valence-corrected chi connectivity index (χ2v) is 18.6. The summed E-state index contributed by atoms with van der Waals surface area (Å²) in [7, 11) is -1.54. The highest BCUT2D eigenvalue weighted by molar-refractivity contribution is 7.80. The molecule has 1 heterocycles. The van der Waals surface area contributed by atoms with E-state index >= 15 is 0 Å². The number of fused-ring (bicyclic) bond motifs is 5. The zero-order chi connectivity index (χ0) is 30.7. The van der Waals surface area contributed by atoms with Crippen molar-refractivity contribution in [1.82, 2.24) is 4.98 Å². The lowest BCUT2D eigenvalue weighted by atomic mass is 9.83. The average Bonchev–Trinajstić information content (AvgIpc) is 3.06. The highest BCUT2D eigenvalue weighted by atomic mass is 32.1. The first kappa shape index (κ1) is 27.8. The van der Waals surface area contributed by atoms with Gasteiger partial charge in [-0.2, -0.15) is 0 Å². The van der Waals surface area contributed by atoms with E-state index in [-0.39, 0.29) is 0 Å². The van der Waals surface area contributed by atoms with Crippen LogP contribution in [0.25, 0.3) is 76.5 Å². The van der Waals surface area contributed by atoms with E-state index in [0.29, 0.717) is 0 Å². The number of thiol groups is 1. The molecule has 0 spiro atoms. The molecule has 45 heavy (non-hydrogen) atoms. The van der Waals surface area contributed by atoms with Gasteiger partial charge >= 0.3 is 0 Å². The molecule has 0 atom stereocenters. The Morgan fingerprint density at radius 2 is 1.11 bits per heavy atom. The predicted octanol–water partition coefficient (Wildman–Crippen LogP) is 11.5. The Morgan fingerprint density at radius 1 is 0.489 bits per heavy atom. The van der Waals surface area contributed by atoms with Crippen molar-refractivity contribution in [2.75, 3.05) is 0 Å². The minimum absolute atomic E-state index is 0.958. The lowest BCUT2D eigenvalue weighted by Crippen LogP contribution is -2.37. The molecule has 8 aromatic rings. The Balaban J connectivity index is 1.62. The summed E-state index contributed by atoms with van der Waals surface area (Å²) in [4.78, 5) is 5.46. The standard InChI is InChI=1S/C42H33NSSi/c1-45(2,3)32-16-9-13-29(22-32)42-35-19-7-6-18-34(35)41(28-12-8-15-31(44)21-28)40-25-38-36(30-14-10-20-43-26-30)23-27-11-4-5-17-33(27)37(38)24-39(40)42/h4-26,44H,1-3H3. The Labute approximate surface area is 270 Å². The second kappa shape index (κ2) is 10.7. The van der Waals surface area contributed by atoms with Crippen LogP contribution in [0.15, 0.2) is 145 Å². The van der Waals surface area contributed by atoms with E-state index in [1.165, 1.54) is 76.1 Å². The van der Waals surface area contributed by atoms with Crippen molar-refractivity contribution < 1.29 is 0 Å². The summed E-state index contributed by atoms with van der Waals surface area (Å²) >= 11 is 4.77. The van der Waals surface area contributed by atoms with Gasteiger partial charge in [0.2, 0.25) is 0 Å². The number of benzene rings is 7. The Bertz CT molecular complexity index is 2420. The maximum Gasteiger partial charge on any atom is 0.0776 e. The molecule has 0 radical (unpaired) electrons. The fraction of sp³-hybridized carbons (Fsp3) is 0.0714. The van der Waals surface area contributed by atoms with Crippen LogP contribution in [0.4, 0.5) is 0 Å². The van der Waals surface area contributed by atoms with E-state index in [9.17, 15) is 0 Å². The molecule has 0 fully saturated rings. The fourth-order valence-corrected chi connectivity index (χ4v) is 8.37. The quantitative estimate of drug-likeness (QED) is 0.0904. The average molecular weight is 612 g/mol. The van der Waals surface area contributed by atoms with Crippen LogP contribution < -0.4 is 5.19 Å². The van der Waals surface area contributed by atoms with Crippen molar-refractivity contribution in [3.63, 3.8) is 0 Å². The number of hydrogen-bond acceptors (Lipinski definition) is 2. The van der Waals surface area contributed by atoms with Crippen molar-refractivity contribution in [1.29, 1.82) is 0 Å². The van der Waals surface area contributed by atoms with Crippen molar-refractivity contribution in [3.8, 4) is 33.4 Å². The zero-order valence-electron chi connectivity index (χ0n) is 25.7. The molecule has 8 rings (SSSR count). The number of aromatic nitrogens is 1. The van der Waals surface area contributed by atoms with Gasteiger partial charge in [-0.1, -0.05) is 116 Å². The third kappa shape index (κ3) is 4.75. The molecule has 0 N–H and O–H groups in total. The summed E-state index contributed by atoms with van der Waals surface area (Å²) in [5, 5.41) is 11.5. The molecule has 1 nitrogen and oxygen atoms in total. The minimum atomic E-state index is -1.54. The van der Waals surface area contributed by atoms with Gasteiger partial charge in [-0.15, -0.1) is 12.6 Å². The summed E-state index contributed by atoms with van der Waals surface area (Å²) in [6.07, 6.45) is 3.82. The van der Waals surface area contributed by atoms with E-state index in [1.807, 2.05) is 18.5 Å². The van der Waals surface area contributed by atoms with Crippen LogP contribution in [0, 0.1) is 0 Å². The normalized spacial score (nSPS) is 12.0. The maximum atomic E-state index is 4.77. The van der Waals surface area contributed by atoms with Crippen molar-refractivity contribution in [3.05, 3.63) is 140 Å². The highest BCUT2D eigenvalue weighted by Crippen LogP contribution is 2.47. The second-order valence-electron chi connectivity index (χ2n) is 13.0. The fourth-order valence-electron chi connectivity index (χ4n) is 6.96. The third-order valence-corrected chi connectivity index (χ3v) is 11.4. The van der Waals surface area contributed by atoms with Gasteiger partial charge in [-0.25, -0.2) is 0 Å². The lowest BCUT2D eigenvalue weighted by Gasteiger charge is -2.22. The molecular weight excluding hydrogens is 579 g/mol. The maximum absolute atomic E-state index is 4.77. The van der Waals surface area contributed by atoms with Crippen LogP contribution in [0.2, 0.25) is 19.6 Å².